The van der Waals surface area contributed by atoms with Gasteiger partial charge in [-0.2, -0.15) is 0 Å². The molecule has 3 heteroatoms. The molecule has 3 nitrogen and oxygen atoms in total. The fourth-order valence-corrected chi connectivity index (χ4v) is 5.07. The van der Waals surface area contributed by atoms with Crippen LogP contribution in [0.3, 0.4) is 0 Å². The predicted octanol–water partition coefficient (Wildman–Crippen LogP) is 3.05. The van der Waals surface area contributed by atoms with Gasteiger partial charge >= 0.3 is 0 Å². The van der Waals surface area contributed by atoms with Crippen molar-refractivity contribution in [3.63, 3.8) is 0 Å². The molecule has 114 valence electrons. The van der Waals surface area contributed by atoms with E-state index in [1.807, 2.05) is 0 Å². The first-order valence-corrected chi connectivity index (χ1v) is 8.66. The van der Waals surface area contributed by atoms with Gasteiger partial charge in [-0.15, -0.1) is 0 Å². The maximum Gasteiger partial charge on any atom is 0.0687 e. The van der Waals surface area contributed by atoms with Crippen LogP contribution >= 0.6 is 0 Å². The molecule has 20 heavy (non-hydrogen) atoms. The minimum absolute atomic E-state index is 0.00400. The quantitative estimate of drug-likeness (QED) is 0.860. The molecular weight excluding hydrogens is 252 g/mol. The summed E-state index contributed by atoms with van der Waals surface area (Å²) in [5.41, 5.74) is 0.214. The van der Waals surface area contributed by atoms with Crippen molar-refractivity contribution in [1.82, 2.24) is 0 Å². The van der Waals surface area contributed by atoms with Gasteiger partial charge in [0.1, 0.15) is 0 Å². The Hall–Kier alpha value is -0.120. The van der Waals surface area contributed by atoms with Crippen LogP contribution in [0.2, 0.25) is 0 Å². The van der Waals surface area contributed by atoms with Gasteiger partial charge in [0.25, 0.3) is 0 Å². The first kappa shape index (κ1) is 13.5. The Morgan fingerprint density at radius 1 is 1.00 bits per heavy atom. The van der Waals surface area contributed by atoms with Crippen LogP contribution in [0.25, 0.3) is 0 Å². The Balaban J connectivity index is 1.44. The minimum atomic E-state index is -0.00400. The highest BCUT2D eigenvalue weighted by atomic mass is 16.5. The zero-order valence-electron chi connectivity index (χ0n) is 12.5. The van der Waals surface area contributed by atoms with Crippen LogP contribution < -0.4 is 0 Å². The maximum absolute atomic E-state index is 10.0. The van der Waals surface area contributed by atoms with E-state index in [4.69, 9.17) is 9.47 Å². The fourth-order valence-electron chi connectivity index (χ4n) is 5.07. The molecule has 2 aliphatic carbocycles. The average Bonchev–Trinajstić information content (AvgIpc) is 2.89. The first-order chi connectivity index (χ1) is 9.75. The van der Waals surface area contributed by atoms with E-state index in [1.165, 1.54) is 51.4 Å². The molecule has 2 aliphatic heterocycles. The topological polar surface area (TPSA) is 38.7 Å². The van der Waals surface area contributed by atoms with Gasteiger partial charge in [-0.1, -0.05) is 12.8 Å². The van der Waals surface area contributed by atoms with Crippen LogP contribution in [0.1, 0.15) is 64.2 Å². The van der Waals surface area contributed by atoms with Crippen molar-refractivity contribution in [2.75, 3.05) is 13.2 Å². The second kappa shape index (κ2) is 4.96. The van der Waals surface area contributed by atoms with Crippen LogP contribution in [-0.2, 0) is 9.47 Å². The zero-order valence-corrected chi connectivity index (χ0v) is 12.5. The molecule has 2 heterocycles. The lowest BCUT2D eigenvalue weighted by molar-refractivity contribution is -0.0770. The molecule has 3 atom stereocenters. The summed E-state index contributed by atoms with van der Waals surface area (Å²) in [5, 5.41) is 10.0. The summed E-state index contributed by atoms with van der Waals surface area (Å²) < 4.78 is 12.5. The summed E-state index contributed by atoms with van der Waals surface area (Å²) in [6.07, 6.45) is 12.9. The normalized spacial score (nSPS) is 43.6. The van der Waals surface area contributed by atoms with E-state index < -0.39 is 0 Å². The standard InChI is InChI=1S/C17H28O3/c18-12-16(9-10-19-15(16)13-3-4-13)11-14-5-8-17(20-14)6-1-2-7-17/h13-15,18H,1-12H2. The molecule has 2 saturated heterocycles. The van der Waals surface area contributed by atoms with Crippen molar-refractivity contribution in [1.29, 1.82) is 0 Å². The van der Waals surface area contributed by atoms with Gasteiger partial charge in [-0.3, -0.25) is 0 Å². The van der Waals surface area contributed by atoms with E-state index in [9.17, 15) is 5.11 Å². The van der Waals surface area contributed by atoms with E-state index >= 15 is 0 Å². The number of ether oxygens (including phenoxy) is 2. The maximum atomic E-state index is 10.0. The van der Waals surface area contributed by atoms with Crippen LogP contribution in [0, 0.1) is 11.3 Å². The highest BCUT2D eigenvalue weighted by molar-refractivity contribution is 5.02. The third kappa shape index (κ3) is 2.22. The van der Waals surface area contributed by atoms with Gasteiger partial charge in [0.15, 0.2) is 0 Å². The molecule has 4 aliphatic rings. The molecule has 0 bridgehead atoms. The van der Waals surface area contributed by atoms with Crippen LogP contribution in [0.4, 0.5) is 0 Å². The van der Waals surface area contributed by atoms with E-state index in [1.54, 1.807) is 0 Å². The molecule has 2 saturated carbocycles. The van der Waals surface area contributed by atoms with Gasteiger partial charge in [0.05, 0.1) is 24.4 Å². The number of aliphatic hydroxyl groups excluding tert-OH is 1. The summed E-state index contributed by atoms with van der Waals surface area (Å²) >= 11 is 0. The van der Waals surface area contributed by atoms with Gasteiger partial charge in [-0.25, -0.2) is 0 Å². The largest absolute Gasteiger partial charge is 0.396 e. The average molecular weight is 280 g/mol. The smallest absolute Gasteiger partial charge is 0.0687 e. The van der Waals surface area contributed by atoms with E-state index in [2.05, 4.69) is 0 Å². The Labute approximate surface area is 122 Å². The van der Waals surface area contributed by atoms with Gasteiger partial charge < -0.3 is 14.6 Å². The number of aliphatic hydroxyl groups is 1. The van der Waals surface area contributed by atoms with E-state index in [0.717, 1.165) is 19.4 Å². The molecule has 1 N–H and O–H groups in total. The van der Waals surface area contributed by atoms with Crippen LogP contribution in [0.15, 0.2) is 0 Å². The molecule has 0 aromatic carbocycles. The Morgan fingerprint density at radius 3 is 2.50 bits per heavy atom. The van der Waals surface area contributed by atoms with Crippen molar-refractivity contribution >= 4 is 0 Å². The zero-order chi connectivity index (χ0) is 13.6. The molecule has 1 spiro atoms. The fraction of sp³-hybridized carbons (Fsp3) is 1.00. The molecule has 3 unspecified atom stereocenters. The van der Waals surface area contributed by atoms with E-state index in [-0.39, 0.29) is 17.6 Å². The number of hydrogen-bond donors (Lipinski definition) is 1. The third-order valence-corrected chi connectivity index (χ3v) is 6.35. The molecule has 4 fully saturated rings. The lowest BCUT2D eigenvalue weighted by atomic mass is 9.75. The Morgan fingerprint density at radius 2 is 1.80 bits per heavy atom. The SMILES string of the molecule is OCC1(CC2CCC3(CCCC3)O2)CCOC1C1CC1. The van der Waals surface area contributed by atoms with Crippen molar-refractivity contribution in [2.24, 2.45) is 11.3 Å². The summed E-state index contributed by atoms with van der Waals surface area (Å²) in [7, 11) is 0. The van der Waals surface area contributed by atoms with Crippen molar-refractivity contribution < 1.29 is 14.6 Å². The molecule has 0 aromatic heterocycles. The lowest BCUT2D eigenvalue weighted by Gasteiger charge is -2.35. The number of hydrogen-bond acceptors (Lipinski definition) is 3. The monoisotopic (exact) mass is 280 g/mol. The van der Waals surface area contributed by atoms with Crippen LogP contribution in [0.5, 0.6) is 0 Å². The second-order valence-corrected chi connectivity index (χ2v) is 7.77. The van der Waals surface area contributed by atoms with Gasteiger partial charge in [-0.05, 0) is 57.3 Å². The molecule has 4 rings (SSSR count). The van der Waals surface area contributed by atoms with Crippen molar-refractivity contribution in [2.45, 2.75) is 82.0 Å². The molecule has 0 aromatic rings. The summed E-state index contributed by atoms with van der Waals surface area (Å²) in [6, 6.07) is 0. The molecule has 0 amide bonds. The molecule has 0 radical (unpaired) electrons. The Kier molecular flexibility index (Phi) is 3.36. The first-order valence-electron chi connectivity index (χ1n) is 8.66. The van der Waals surface area contributed by atoms with Gasteiger partial charge in [0.2, 0.25) is 0 Å². The number of rotatable bonds is 4. The van der Waals surface area contributed by atoms with Gasteiger partial charge in [0, 0.05) is 12.0 Å². The summed E-state index contributed by atoms with van der Waals surface area (Å²) in [6.45, 7) is 1.11. The van der Waals surface area contributed by atoms with Crippen molar-refractivity contribution in [3.05, 3.63) is 0 Å². The Bertz CT molecular complexity index is 359. The summed E-state index contributed by atoms with van der Waals surface area (Å²) in [5.74, 6) is 0.714. The third-order valence-electron chi connectivity index (χ3n) is 6.35. The predicted molar refractivity (Wildman–Crippen MR) is 76.5 cm³/mol. The van der Waals surface area contributed by atoms with Crippen molar-refractivity contribution in [3.8, 4) is 0 Å². The minimum Gasteiger partial charge on any atom is -0.396 e. The lowest BCUT2D eigenvalue weighted by Crippen LogP contribution is -2.40. The van der Waals surface area contributed by atoms with E-state index in [0.29, 0.717) is 18.1 Å². The van der Waals surface area contributed by atoms with Crippen LogP contribution in [-0.4, -0.2) is 36.1 Å². The highest BCUT2D eigenvalue weighted by Gasteiger charge is 2.53. The molecular formula is C17H28O3. The summed E-state index contributed by atoms with van der Waals surface area (Å²) in [4.78, 5) is 0. The highest BCUT2D eigenvalue weighted by Crippen LogP contribution is 2.52. The second-order valence-electron chi connectivity index (χ2n) is 7.77.